The molecule has 1 aromatic heterocycles. The van der Waals surface area contributed by atoms with Crippen LogP contribution in [-0.4, -0.2) is 23.9 Å². The quantitative estimate of drug-likeness (QED) is 0.932. The second kappa shape index (κ2) is 6.04. The van der Waals surface area contributed by atoms with Gasteiger partial charge in [0.05, 0.1) is 12.5 Å². The molecule has 0 aliphatic heterocycles. The van der Waals surface area contributed by atoms with E-state index in [2.05, 4.69) is 19.1 Å². The predicted molar refractivity (Wildman–Crippen MR) is 85.1 cm³/mol. The summed E-state index contributed by atoms with van der Waals surface area (Å²) in [5.41, 5.74) is 6.26. The van der Waals surface area contributed by atoms with E-state index in [4.69, 9.17) is 5.73 Å². The van der Waals surface area contributed by atoms with Crippen LogP contribution in [0, 0.1) is 24.7 Å². The molecule has 5 heteroatoms. The fraction of sp³-hybridized carbons (Fsp3) is 0.667. The molecule has 0 aromatic carbocycles. The van der Waals surface area contributed by atoms with Crippen molar-refractivity contribution in [1.82, 2.24) is 4.90 Å². The molecule has 0 saturated heterocycles. The molecule has 3 nitrogen and oxygen atoms in total. The van der Waals surface area contributed by atoms with E-state index in [9.17, 15) is 4.79 Å². The van der Waals surface area contributed by atoms with E-state index in [1.807, 2.05) is 11.9 Å². The number of hydrogen-bond donors (Lipinski definition) is 1. The minimum Gasteiger partial charge on any atom is -0.340 e. The second-order valence-corrected chi connectivity index (χ2v) is 7.52. The Labute approximate surface area is 130 Å². The number of carbonyl (C=O) groups is 1. The van der Waals surface area contributed by atoms with E-state index in [0.29, 0.717) is 11.8 Å². The van der Waals surface area contributed by atoms with Gasteiger partial charge in [0.1, 0.15) is 0 Å². The van der Waals surface area contributed by atoms with Crippen molar-refractivity contribution in [3.63, 3.8) is 0 Å². The number of halogens is 1. The van der Waals surface area contributed by atoms with Crippen molar-refractivity contribution in [1.29, 1.82) is 0 Å². The lowest BCUT2D eigenvalue weighted by Gasteiger charge is -2.30. The van der Waals surface area contributed by atoms with Gasteiger partial charge < -0.3 is 10.6 Å². The Balaban J connectivity index is 0.00000147. The van der Waals surface area contributed by atoms with Crippen LogP contribution < -0.4 is 5.73 Å². The lowest BCUT2D eigenvalue weighted by Crippen LogP contribution is -2.45. The molecule has 112 valence electrons. The van der Waals surface area contributed by atoms with E-state index in [1.54, 1.807) is 11.3 Å². The van der Waals surface area contributed by atoms with Gasteiger partial charge in [-0.25, -0.2) is 0 Å². The summed E-state index contributed by atoms with van der Waals surface area (Å²) in [6.45, 7) is 2.82. The van der Waals surface area contributed by atoms with Crippen molar-refractivity contribution in [2.75, 3.05) is 7.05 Å². The predicted octanol–water partition coefficient (Wildman–Crippen LogP) is 2.81. The van der Waals surface area contributed by atoms with Crippen LogP contribution in [-0.2, 0) is 11.3 Å². The Kier molecular flexibility index (Phi) is 4.77. The van der Waals surface area contributed by atoms with Crippen LogP contribution in [0.5, 0.6) is 0 Å². The fourth-order valence-corrected chi connectivity index (χ4v) is 4.78. The molecule has 0 radical (unpaired) electrons. The van der Waals surface area contributed by atoms with Crippen molar-refractivity contribution in [2.45, 2.75) is 38.8 Å². The Morgan fingerprint density at radius 3 is 2.65 bits per heavy atom. The molecule has 20 heavy (non-hydrogen) atoms. The topological polar surface area (TPSA) is 46.3 Å². The zero-order valence-electron chi connectivity index (χ0n) is 12.0. The highest BCUT2D eigenvalue weighted by Crippen LogP contribution is 2.48. The number of aryl methyl sites for hydroxylation is 1. The molecule has 4 unspecified atom stereocenters. The van der Waals surface area contributed by atoms with Crippen LogP contribution in [0.2, 0.25) is 0 Å². The van der Waals surface area contributed by atoms with E-state index in [0.717, 1.165) is 6.54 Å². The number of thiophene rings is 1. The molecule has 3 rings (SSSR count). The zero-order valence-corrected chi connectivity index (χ0v) is 13.7. The highest BCUT2D eigenvalue weighted by molar-refractivity contribution is 7.11. The lowest BCUT2D eigenvalue weighted by atomic mass is 9.84. The minimum atomic E-state index is 0. The fourth-order valence-electron chi connectivity index (χ4n) is 3.84. The first-order valence-corrected chi connectivity index (χ1v) is 7.94. The summed E-state index contributed by atoms with van der Waals surface area (Å²) in [5.74, 6) is 1.46. The molecule has 2 saturated carbocycles. The molecule has 1 aromatic rings. The number of hydrogen-bond acceptors (Lipinski definition) is 3. The summed E-state index contributed by atoms with van der Waals surface area (Å²) in [7, 11) is 1.91. The third-order valence-corrected chi connectivity index (χ3v) is 5.82. The number of nitrogens with zero attached hydrogens (tertiary/aromatic N) is 1. The summed E-state index contributed by atoms with van der Waals surface area (Å²) in [6, 6.07) is 4.32. The molecule has 1 heterocycles. The Hall–Kier alpha value is -0.580. The van der Waals surface area contributed by atoms with Crippen molar-refractivity contribution in [3.05, 3.63) is 21.9 Å². The maximum absolute atomic E-state index is 12.6. The third-order valence-electron chi connectivity index (χ3n) is 4.83. The summed E-state index contributed by atoms with van der Waals surface area (Å²) >= 11 is 1.77. The van der Waals surface area contributed by atoms with Crippen LogP contribution in [0.1, 0.15) is 29.0 Å². The first-order valence-electron chi connectivity index (χ1n) is 7.12. The summed E-state index contributed by atoms with van der Waals surface area (Å²) in [4.78, 5) is 17.0. The number of amides is 1. The van der Waals surface area contributed by atoms with Gasteiger partial charge in [0.25, 0.3) is 0 Å². The molecule has 2 fully saturated rings. The van der Waals surface area contributed by atoms with Gasteiger partial charge in [-0.3, -0.25) is 4.79 Å². The number of fused-ring (bicyclic) bond motifs is 2. The van der Waals surface area contributed by atoms with Crippen LogP contribution in [0.3, 0.4) is 0 Å². The number of rotatable bonds is 3. The Morgan fingerprint density at radius 1 is 1.40 bits per heavy atom. The molecule has 2 bridgehead atoms. The van der Waals surface area contributed by atoms with Gasteiger partial charge in [0.15, 0.2) is 0 Å². The van der Waals surface area contributed by atoms with Gasteiger partial charge in [-0.15, -0.1) is 23.7 Å². The largest absolute Gasteiger partial charge is 0.340 e. The van der Waals surface area contributed by atoms with Crippen LogP contribution >= 0.6 is 23.7 Å². The van der Waals surface area contributed by atoms with Crippen molar-refractivity contribution < 1.29 is 4.79 Å². The van der Waals surface area contributed by atoms with Gasteiger partial charge in [-0.1, -0.05) is 0 Å². The van der Waals surface area contributed by atoms with Gasteiger partial charge in [0, 0.05) is 22.8 Å². The van der Waals surface area contributed by atoms with E-state index < -0.39 is 0 Å². The summed E-state index contributed by atoms with van der Waals surface area (Å²) < 4.78 is 0. The van der Waals surface area contributed by atoms with E-state index in [1.165, 1.54) is 29.0 Å². The average Bonchev–Trinajstić information content (AvgIpc) is 3.05. The second-order valence-electron chi connectivity index (χ2n) is 6.14. The maximum atomic E-state index is 12.6. The standard InChI is InChI=1S/C15H22N2OS.ClH/c1-9-3-6-12(19-9)8-17(2)15(18)13-10-4-5-11(7-10)14(13)16;/h3,6,10-11,13-14H,4-5,7-8,16H2,1-2H3;1H. The molecule has 1 amide bonds. The molecule has 4 atom stereocenters. The Bertz CT molecular complexity index is 488. The summed E-state index contributed by atoms with van der Waals surface area (Å²) in [6.07, 6.45) is 3.59. The smallest absolute Gasteiger partial charge is 0.227 e. The van der Waals surface area contributed by atoms with Crippen molar-refractivity contribution in [3.8, 4) is 0 Å². The van der Waals surface area contributed by atoms with Crippen LogP contribution in [0.25, 0.3) is 0 Å². The van der Waals surface area contributed by atoms with Crippen molar-refractivity contribution in [2.24, 2.45) is 23.5 Å². The van der Waals surface area contributed by atoms with Crippen LogP contribution in [0.4, 0.5) is 0 Å². The number of nitrogens with two attached hydrogens (primary N) is 1. The first-order chi connectivity index (χ1) is 9.06. The molecular formula is C15H23ClN2OS. The number of carbonyl (C=O) groups excluding carboxylic acids is 1. The molecular weight excluding hydrogens is 292 g/mol. The first kappa shape index (κ1) is 15.8. The molecule has 2 N–H and O–H groups in total. The SMILES string of the molecule is Cc1ccc(CN(C)C(=O)C2C3CCC(C3)C2N)s1.Cl. The lowest BCUT2D eigenvalue weighted by molar-refractivity contribution is -0.136. The third kappa shape index (κ3) is 2.74. The maximum Gasteiger partial charge on any atom is 0.227 e. The van der Waals surface area contributed by atoms with Gasteiger partial charge in [-0.05, 0) is 50.2 Å². The monoisotopic (exact) mass is 314 g/mol. The van der Waals surface area contributed by atoms with Crippen molar-refractivity contribution >= 4 is 29.7 Å². The van der Waals surface area contributed by atoms with E-state index in [-0.39, 0.29) is 30.3 Å². The Morgan fingerprint density at radius 2 is 2.10 bits per heavy atom. The zero-order chi connectivity index (χ0) is 13.6. The normalized spacial score (nSPS) is 31.1. The van der Waals surface area contributed by atoms with Gasteiger partial charge in [-0.2, -0.15) is 0 Å². The molecule has 0 spiro atoms. The van der Waals surface area contributed by atoms with E-state index >= 15 is 0 Å². The van der Waals surface area contributed by atoms with Crippen LogP contribution in [0.15, 0.2) is 12.1 Å². The average molecular weight is 315 g/mol. The van der Waals surface area contributed by atoms with Gasteiger partial charge in [0.2, 0.25) is 5.91 Å². The van der Waals surface area contributed by atoms with Gasteiger partial charge >= 0.3 is 0 Å². The molecule has 2 aliphatic rings. The minimum absolute atomic E-state index is 0. The highest BCUT2D eigenvalue weighted by atomic mass is 35.5. The molecule has 2 aliphatic carbocycles. The highest BCUT2D eigenvalue weighted by Gasteiger charge is 2.49. The summed E-state index contributed by atoms with van der Waals surface area (Å²) in [5, 5.41) is 0.